The Kier molecular flexibility index (Phi) is 3.53. The van der Waals surface area contributed by atoms with Crippen LogP contribution in [0.15, 0.2) is 18.2 Å². The van der Waals surface area contributed by atoms with E-state index in [1.807, 2.05) is 0 Å². The molecule has 1 aliphatic heterocycles. The summed E-state index contributed by atoms with van der Waals surface area (Å²) >= 11 is 0. The highest BCUT2D eigenvalue weighted by Gasteiger charge is 2.13. The standard InChI is InChI=1S/C15H22N4/c1-18-14-10-12(11-16)4-5-13(14)17-15(18)6-9-19-7-2-3-8-19/h4-5,10H,2-3,6-9,11,16H2,1H3. The number of fused-ring (bicyclic) bond motifs is 1. The predicted octanol–water partition coefficient (Wildman–Crippen LogP) is 1.67. The number of likely N-dealkylation sites (tertiary alicyclic amines) is 1. The average molecular weight is 258 g/mol. The maximum Gasteiger partial charge on any atom is 0.110 e. The Labute approximate surface area is 114 Å². The highest BCUT2D eigenvalue weighted by Crippen LogP contribution is 2.18. The van der Waals surface area contributed by atoms with E-state index in [1.54, 1.807) is 0 Å². The van der Waals surface area contributed by atoms with E-state index in [0.29, 0.717) is 6.54 Å². The number of nitrogens with zero attached hydrogens (tertiary/aromatic N) is 3. The number of benzene rings is 1. The molecule has 0 unspecified atom stereocenters. The third-order valence-electron chi connectivity index (χ3n) is 4.12. The summed E-state index contributed by atoms with van der Waals surface area (Å²) in [6.45, 7) is 4.22. The van der Waals surface area contributed by atoms with E-state index in [2.05, 4.69) is 34.7 Å². The van der Waals surface area contributed by atoms with Crippen molar-refractivity contribution < 1.29 is 0 Å². The fraction of sp³-hybridized carbons (Fsp3) is 0.533. The Balaban J connectivity index is 1.81. The van der Waals surface area contributed by atoms with Crippen molar-refractivity contribution in [2.45, 2.75) is 25.8 Å². The van der Waals surface area contributed by atoms with Crippen LogP contribution in [-0.2, 0) is 20.0 Å². The Bertz CT molecular complexity index is 567. The smallest absolute Gasteiger partial charge is 0.110 e. The molecule has 2 heterocycles. The molecule has 102 valence electrons. The van der Waals surface area contributed by atoms with E-state index in [0.717, 1.165) is 18.5 Å². The third-order valence-corrected chi connectivity index (χ3v) is 4.12. The molecule has 1 fully saturated rings. The molecule has 0 amide bonds. The molecule has 0 saturated carbocycles. The molecule has 2 aromatic rings. The van der Waals surface area contributed by atoms with Gasteiger partial charge < -0.3 is 15.2 Å². The Morgan fingerprint density at radius 1 is 1.26 bits per heavy atom. The minimum absolute atomic E-state index is 0.588. The van der Waals surface area contributed by atoms with E-state index in [4.69, 9.17) is 10.7 Å². The quantitative estimate of drug-likeness (QED) is 0.907. The number of aromatic nitrogens is 2. The lowest BCUT2D eigenvalue weighted by molar-refractivity contribution is 0.340. The lowest BCUT2D eigenvalue weighted by atomic mass is 10.2. The van der Waals surface area contributed by atoms with Crippen LogP contribution in [0.1, 0.15) is 24.2 Å². The lowest BCUT2D eigenvalue weighted by Crippen LogP contribution is -2.22. The van der Waals surface area contributed by atoms with E-state index >= 15 is 0 Å². The van der Waals surface area contributed by atoms with Gasteiger partial charge in [0.2, 0.25) is 0 Å². The van der Waals surface area contributed by atoms with Crippen LogP contribution in [0, 0.1) is 0 Å². The number of hydrogen-bond donors (Lipinski definition) is 1. The zero-order valence-electron chi connectivity index (χ0n) is 11.6. The zero-order chi connectivity index (χ0) is 13.2. The van der Waals surface area contributed by atoms with Crippen LogP contribution in [0.25, 0.3) is 11.0 Å². The number of nitrogens with two attached hydrogens (primary N) is 1. The summed E-state index contributed by atoms with van der Waals surface area (Å²) in [6, 6.07) is 6.30. The van der Waals surface area contributed by atoms with Crippen molar-refractivity contribution in [3.63, 3.8) is 0 Å². The van der Waals surface area contributed by atoms with E-state index in [9.17, 15) is 0 Å². The highest BCUT2D eigenvalue weighted by molar-refractivity contribution is 5.76. The predicted molar refractivity (Wildman–Crippen MR) is 78.0 cm³/mol. The van der Waals surface area contributed by atoms with Crippen LogP contribution < -0.4 is 5.73 Å². The molecule has 1 aliphatic rings. The van der Waals surface area contributed by atoms with Gasteiger partial charge in [0.15, 0.2) is 0 Å². The van der Waals surface area contributed by atoms with Crippen molar-refractivity contribution in [1.29, 1.82) is 0 Å². The fourth-order valence-corrected chi connectivity index (χ4v) is 2.90. The molecule has 2 N–H and O–H groups in total. The monoisotopic (exact) mass is 258 g/mol. The zero-order valence-corrected chi connectivity index (χ0v) is 11.6. The molecule has 1 aromatic carbocycles. The van der Waals surface area contributed by atoms with Crippen LogP contribution in [0.5, 0.6) is 0 Å². The molecule has 0 aliphatic carbocycles. The van der Waals surface area contributed by atoms with Crippen molar-refractivity contribution in [2.24, 2.45) is 12.8 Å². The summed E-state index contributed by atoms with van der Waals surface area (Å²) < 4.78 is 2.21. The Morgan fingerprint density at radius 2 is 2.05 bits per heavy atom. The van der Waals surface area contributed by atoms with Gasteiger partial charge in [-0.3, -0.25) is 0 Å². The minimum atomic E-state index is 0.588. The molecule has 3 rings (SSSR count). The van der Waals surface area contributed by atoms with E-state index < -0.39 is 0 Å². The van der Waals surface area contributed by atoms with Crippen molar-refractivity contribution in [1.82, 2.24) is 14.5 Å². The average Bonchev–Trinajstić information content (AvgIpc) is 3.05. The fourth-order valence-electron chi connectivity index (χ4n) is 2.90. The first-order chi connectivity index (χ1) is 9.28. The molecule has 0 radical (unpaired) electrons. The van der Waals surface area contributed by atoms with Crippen LogP contribution in [0.4, 0.5) is 0 Å². The molecule has 19 heavy (non-hydrogen) atoms. The topological polar surface area (TPSA) is 47.1 Å². The third kappa shape index (κ3) is 2.51. The van der Waals surface area contributed by atoms with E-state index in [-0.39, 0.29) is 0 Å². The second kappa shape index (κ2) is 5.31. The summed E-state index contributed by atoms with van der Waals surface area (Å²) in [6.07, 6.45) is 3.73. The summed E-state index contributed by atoms with van der Waals surface area (Å²) in [7, 11) is 2.11. The molecule has 1 aromatic heterocycles. The van der Waals surface area contributed by atoms with Crippen molar-refractivity contribution in [3.05, 3.63) is 29.6 Å². The van der Waals surface area contributed by atoms with Gasteiger partial charge in [-0.05, 0) is 43.6 Å². The molecular weight excluding hydrogens is 236 g/mol. The molecule has 1 saturated heterocycles. The molecular formula is C15H22N4. The largest absolute Gasteiger partial charge is 0.331 e. The van der Waals surface area contributed by atoms with Gasteiger partial charge in [-0.25, -0.2) is 4.98 Å². The summed E-state index contributed by atoms with van der Waals surface area (Å²) in [5, 5.41) is 0. The Hall–Kier alpha value is -1.39. The van der Waals surface area contributed by atoms with Gasteiger partial charge in [0.25, 0.3) is 0 Å². The maximum absolute atomic E-state index is 5.70. The summed E-state index contributed by atoms with van der Waals surface area (Å²) in [5.74, 6) is 1.18. The van der Waals surface area contributed by atoms with Crippen molar-refractivity contribution in [3.8, 4) is 0 Å². The maximum atomic E-state index is 5.70. The summed E-state index contributed by atoms with van der Waals surface area (Å²) in [4.78, 5) is 7.28. The van der Waals surface area contributed by atoms with Gasteiger partial charge in [-0.1, -0.05) is 6.07 Å². The van der Waals surface area contributed by atoms with Crippen molar-refractivity contribution >= 4 is 11.0 Å². The SMILES string of the molecule is Cn1c(CCN2CCCC2)nc2ccc(CN)cc21. The first-order valence-electron chi connectivity index (χ1n) is 7.14. The van der Waals surface area contributed by atoms with Gasteiger partial charge in [0.05, 0.1) is 11.0 Å². The molecule has 0 atom stereocenters. The van der Waals surface area contributed by atoms with E-state index in [1.165, 1.54) is 42.8 Å². The van der Waals surface area contributed by atoms with Gasteiger partial charge in [-0.15, -0.1) is 0 Å². The molecule has 4 nitrogen and oxygen atoms in total. The van der Waals surface area contributed by atoms with Gasteiger partial charge >= 0.3 is 0 Å². The first-order valence-corrected chi connectivity index (χ1v) is 7.14. The first kappa shape index (κ1) is 12.6. The van der Waals surface area contributed by atoms with Crippen LogP contribution in [0.2, 0.25) is 0 Å². The Morgan fingerprint density at radius 3 is 2.79 bits per heavy atom. The van der Waals surface area contributed by atoms with Gasteiger partial charge in [0, 0.05) is 26.6 Å². The highest BCUT2D eigenvalue weighted by atomic mass is 15.1. The van der Waals surface area contributed by atoms with Crippen LogP contribution in [-0.4, -0.2) is 34.1 Å². The second-order valence-electron chi connectivity index (χ2n) is 5.41. The lowest BCUT2D eigenvalue weighted by Gasteiger charge is -2.13. The number of aryl methyl sites for hydroxylation is 1. The van der Waals surface area contributed by atoms with Crippen LogP contribution in [0.3, 0.4) is 0 Å². The molecule has 0 bridgehead atoms. The summed E-state index contributed by atoms with van der Waals surface area (Å²) in [5.41, 5.74) is 9.14. The van der Waals surface area contributed by atoms with Gasteiger partial charge in [0.1, 0.15) is 5.82 Å². The number of imidazole rings is 1. The van der Waals surface area contributed by atoms with Crippen molar-refractivity contribution in [2.75, 3.05) is 19.6 Å². The number of hydrogen-bond acceptors (Lipinski definition) is 3. The van der Waals surface area contributed by atoms with Gasteiger partial charge in [-0.2, -0.15) is 0 Å². The number of rotatable bonds is 4. The second-order valence-corrected chi connectivity index (χ2v) is 5.41. The normalized spacial score (nSPS) is 16.5. The minimum Gasteiger partial charge on any atom is -0.331 e. The molecule has 4 heteroatoms. The van der Waals surface area contributed by atoms with Crippen LogP contribution >= 0.6 is 0 Å². The molecule has 0 spiro atoms.